The Morgan fingerprint density at radius 3 is 2.50 bits per heavy atom. The Labute approximate surface area is 119 Å². The van der Waals surface area contributed by atoms with Crippen LogP contribution in [0.2, 0.25) is 0 Å². The Morgan fingerprint density at radius 2 is 1.85 bits per heavy atom. The second kappa shape index (κ2) is 6.48. The van der Waals surface area contributed by atoms with E-state index in [4.69, 9.17) is 4.74 Å². The Bertz CT molecular complexity index is 567. The largest absolute Gasteiger partial charge is 0.494 e. The normalized spacial score (nSPS) is 12.2. The van der Waals surface area contributed by atoms with Gasteiger partial charge < -0.3 is 9.84 Å². The quantitative estimate of drug-likeness (QED) is 0.909. The SMILES string of the molecule is CCCOc1ccc(C(O)c2cc(C)nnc2C)cc1. The lowest BCUT2D eigenvalue weighted by molar-refractivity contribution is 0.218. The fourth-order valence-electron chi connectivity index (χ4n) is 1.99. The summed E-state index contributed by atoms with van der Waals surface area (Å²) in [7, 11) is 0. The third-order valence-electron chi connectivity index (χ3n) is 3.10. The molecule has 0 saturated carbocycles. The van der Waals surface area contributed by atoms with E-state index in [-0.39, 0.29) is 0 Å². The number of benzene rings is 1. The van der Waals surface area contributed by atoms with Crippen molar-refractivity contribution in [1.82, 2.24) is 10.2 Å². The van der Waals surface area contributed by atoms with Crippen LogP contribution in [0.25, 0.3) is 0 Å². The van der Waals surface area contributed by atoms with Gasteiger partial charge >= 0.3 is 0 Å². The molecule has 1 unspecified atom stereocenters. The molecule has 0 saturated heterocycles. The lowest BCUT2D eigenvalue weighted by Gasteiger charge is -2.14. The van der Waals surface area contributed by atoms with Crippen LogP contribution in [0.3, 0.4) is 0 Å². The Morgan fingerprint density at radius 1 is 1.15 bits per heavy atom. The molecule has 2 aromatic rings. The number of aryl methyl sites for hydroxylation is 2. The van der Waals surface area contributed by atoms with Crippen LogP contribution >= 0.6 is 0 Å². The number of aliphatic hydroxyl groups is 1. The van der Waals surface area contributed by atoms with Gasteiger partial charge in [-0.1, -0.05) is 19.1 Å². The summed E-state index contributed by atoms with van der Waals surface area (Å²) in [6.07, 6.45) is 0.287. The molecule has 0 fully saturated rings. The predicted octanol–water partition coefficient (Wildman–Crippen LogP) is 2.96. The predicted molar refractivity (Wildman–Crippen MR) is 77.8 cm³/mol. The fourth-order valence-corrected chi connectivity index (χ4v) is 1.99. The van der Waals surface area contributed by atoms with Gasteiger partial charge in [-0.3, -0.25) is 0 Å². The van der Waals surface area contributed by atoms with Gasteiger partial charge in [-0.05, 0) is 44.0 Å². The highest BCUT2D eigenvalue weighted by Crippen LogP contribution is 2.25. The number of hydrogen-bond donors (Lipinski definition) is 1. The molecule has 106 valence electrons. The number of aliphatic hydroxyl groups excluding tert-OH is 1. The number of ether oxygens (including phenoxy) is 1. The van der Waals surface area contributed by atoms with E-state index in [0.717, 1.165) is 34.7 Å². The van der Waals surface area contributed by atoms with Gasteiger partial charge in [0.15, 0.2) is 0 Å². The first-order valence-electron chi connectivity index (χ1n) is 6.83. The average Bonchev–Trinajstić information content (AvgIpc) is 2.47. The molecule has 0 bridgehead atoms. The average molecular weight is 272 g/mol. The number of aromatic nitrogens is 2. The minimum Gasteiger partial charge on any atom is -0.494 e. The van der Waals surface area contributed by atoms with Gasteiger partial charge in [0.05, 0.1) is 18.0 Å². The maximum Gasteiger partial charge on any atom is 0.119 e. The molecular weight excluding hydrogens is 252 g/mol. The zero-order valence-corrected chi connectivity index (χ0v) is 12.1. The van der Waals surface area contributed by atoms with E-state index < -0.39 is 6.10 Å². The lowest BCUT2D eigenvalue weighted by atomic mass is 10.0. The third-order valence-corrected chi connectivity index (χ3v) is 3.10. The number of rotatable bonds is 5. The van der Waals surface area contributed by atoms with Gasteiger partial charge in [-0.2, -0.15) is 10.2 Å². The zero-order valence-electron chi connectivity index (χ0n) is 12.1. The second-order valence-electron chi connectivity index (χ2n) is 4.85. The summed E-state index contributed by atoms with van der Waals surface area (Å²) in [6.45, 7) is 6.49. The molecule has 1 aromatic carbocycles. The molecule has 1 aromatic heterocycles. The van der Waals surface area contributed by atoms with Crippen LogP contribution in [0.15, 0.2) is 30.3 Å². The van der Waals surface area contributed by atoms with Gasteiger partial charge in [0, 0.05) is 5.56 Å². The van der Waals surface area contributed by atoms with Crippen molar-refractivity contribution in [3.63, 3.8) is 0 Å². The summed E-state index contributed by atoms with van der Waals surface area (Å²) in [5, 5.41) is 18.5. The van der Waals surface area contributed by atoms with E-state index in [0.29, 0.717) is 6.61 Å². The van der Waals surface area contributed by atoms with Crippen molar-refractivity contribution < 1.29 is 9.84 Å². The van der Waals surface area contributed by atoms with Gasteiger partial charge in [0.1, 0.15) is 11.9 Å². The van der Waals surface area contributed by atoms with Crippen LogP contribution in [0.1, 0.15) is 42.0 Å². The summed E-state index contributed by atoms with van der Waals surface area (Å²) in [5.41, 5.74) is 3.16. The van der Waals surface area contributed by atoms with Crippen LogP contribution in [-0.4, -0.2) is 21.9 Å². The van der Waals surface area contributed by atoms with Gasteiger partial charge in [0.2, 0.25) is 0 Å². The van der Waals surface area contributed by atoms with Gasteiger partial charge in [0.25, 0.3) is 0 Å². The summed E-state index contributed by atoms with van der Waals surface area (Å²) >= 11 is 0. The van der Waals surface area contributed by atoms with E-state index in [2.05, 4.69) is 17.1 Å². The lowest BCUT2D eigenvalue weighted by Crippen LogP contribution is -2.05. The molecule has 1 N–H and O–H groups in total. The van der Waals surface area contributed by atoms with Crippen molar-refractivity contribution in [2.45, 2.75) is 33.3 Å². The van der Waals surface area contributed by atoms with Crippen molar-refractivity contribution in [2.24, 2.45) is 0 Å². The first-order chi connectivity index (χ1) is 9.61. The monoisotopic (exact) mass is 272 g/mol. The third kappa shape index (κ3) is 3.33. The van der Waals surface area contributed by atoms with Crippen LogP contribution in [0, 0.1) is 13.8 Å². The number of nitrogens with zero attached hydrogens (tertiary/aromatic N) is 2. The van der Waals surface area contributed by atoms with Crippen LogP contribution < -0.4 is 4.74 Å². The van der Waals surface area contributed by atoms with Crippen molar-refractivity contribution in [3.8, 4) is 5.75 Å². The smallest absolute Gasteiger partial charge is 0.119 e. The molecule has 0 radical (unpaired) electrons. The van der Waals surface area contributed by atoms with E-state index in [1.54, 1.807) is 0 Å². The molecule has 0 aliphatic heterocycles. The van der Waals surface area contributed by atoms with Crippen molar-refractivity contribution >= 4 is 0 Å². The summed E-state index contributed by atoms with van der Waals surface area (Å²) in [4.78, 5) is 0. The highest BCUT2D eigenvalue weighted by molar-refractivity contribution is 5.35. The van der Waals surface area contributed by atoms with E-state index in [9.17, 15) is 5.11 Å². The molecule has 0 aliphatic rings. The van der Waals surface area contributed by atoms with Crippen LogP contribution in [0.4, 0.5) is 0 Å². The van der Waals surface area contributed by atoms with E-state index >= 15 is 0 Å². The summed E-state index contributed by atoms with van der Waals surface area (Å²) < 4.78 is 5.53. The molecule has 1 atom stereocenters. The molecule has 0 amide bonds. The standard InChI is InChI=1S/C16H20N2O2/c1-4-9-20-14-7-5-13(6-8-14)16(19)15-10-11(2)17-18-12(15)3/h5-8,10,16,19H,4,9H2,1-3H3. The topological polar surface area (TPSA) is 55.2 Å². The molecule has 1 heterocycles. The van der Waals surface area contributed by atoms with Crippen molar-refractivity contribution in [1.29, 1.82) is 0 Å². The summed E-state index contributed by atoms with van der Waals surface area (Å²) in [6, 6.07) is 9.39. The van der Waals surface area contributed by atoms with E-state index in [1.165, 1.54) is 0 Å². The molecule has 4 nitrogen and oxygen atoms in total. The Kier molecular flexibility index (Phi) is 4.69. The summed E-state index contributed by atoms with van der Waals surface area (Å²) in [5.74, 6) is 0.823. The highest BCUT2D eigenvalue weighted by atomic mass is 16.5. The maximum atomic E-state index is 10.5. The molecule has 0 aliphatic carbocycles. The minimum atomic E-state index is -0.690. The van der Waals surface area contributed by atoms with E-state index in [1.807, 2.05) is 44.2 Å². The second-order valence-corrected chi connectivity index (χ2v) is 4.85. The molecule has 2 rings (SSSR count). The molecule has 0 spiro atoms. The van der Waals surface area contributed by atoms with Crippen molar-refractivity contribution in [2.75, 3.05) is 6.61 Å². The first kappa shape index (κ1) is 14.5. The Balaban J connectivity index is 2.20. The zero-order chi connectivity index (χ0) is 14.5. The number of hydrogen-bond acceptors (Lipinski definition) is 4. The first-order valence-corrected chi connectivity index (χ1v) is 6.83. The molecule has 4 heteroatoms. The van der Waals surface area contributed by atoms with Crippen molar-refractivity contribution in [3.05, 3.63) is 52.8 Å². The van der Waals surface area contributed by atoms with Gasteiger partial charge in [-0.25, -0.2) is 0 Å². The molecule has 20 heavy (non-hydrogen) atoms. The fraction of sp³-hybridized carbons (Fsp3) is 0.375. The molecular formula is C16H20N2O2. The van der Waals surface area contributed by atoms with Crippen LogP contribution in [0.5, 0.6) is 5.75 Å². The highest BCUT2D eigenvalue weighted by Gasteiger charge is 2.14. The maximum absolute atomic E-state index is 10.5. The minimum absolute atomic E-state index is 0.690. The van der Waals surface area contributed by atoms with Crippen LogP contribution in [-0.2, 0) is 0 Å². The Hall–Kier alpha value is -1.94. The van der Waals surface area contributed by atoms with Gasteiger partial charge in [-0.15, -0.1) is 0 Å².